The van der Waals surface area contributed by atoms with E-state index in [9.17, 15) is 0 Å². The Morgan fingerprint density at radius 1 is 1.44 bits per heavy atom. The van der Waals surface area contributed by atoms with Gasteiger partial charge in [-0.3, -0.25) is 0 Å². The Kier molecular flexibility index (Phi) is 4.44. The molecule has 18 heavy (non-hydrogen) atoms. The lowest BCUT2D eigenvalue weighted by molar-refractivity contribution is 0.336. The number of methoxy groups -OCH3 is 1. The summed E-state index contributed by atoms with van der Waals surface area (Å²) in [5.41, 5.74) is 1.25. The van der Waals surface area contributed by atoms with Crippen molar-refractivity contribution in [2.45, 2.75) is 6.04 Å². The van der Waals surface area contributed by atoms with Gasteiger partial charge in [-0.15, -0.1) is 0 Å². The quantitative estimate of drug-likeness (QED) is 0.863. The molecule has 1 unspecified atom stereocenters. The minimum Gasteiger partial charge on any atom is -0.497 e. The van der Waals surface area contributed by atoms with Gasteiger partial charge in [-0.2, -0.15) is 0 Å². The zero-order valence-electron chi connectivity index (χ0n) is 11.5. The van der Waals surface area contributed by atoms with Crippen LogP contribution in [0.1, 0.15) is 0 Å². The summed E-state index contributed by atoms with van der Waals surface area (Å²) in [6.45, 7) is 4.19. The molecule has 1 N–H and O–H groups in total. The van der Waals surface area contributed by atoms with Crippen LogP contribution in [-0.2, 0) is 0 Å². The second kappa shape index (κ2) is 6.07. The fourth-order valence-corrected chi connectivity index (χ4v) is 2.47. The number of piperazine rings is 1. The molecule has 0 saturated carbocycles. The van der Waals surface area contributed by atoms with Gasteiger partial charge in [0.15, 0.2) is 0 Å². The van der Waals surface area contributed by atoms with Crippen LogP contribution < -0.4 is 15.0 Å². The molecule has 100 valence electrons. The Morgan fingerprint density at radius 2 is 2.28 bits per heavy atom. The summed E-state index contributed by atoms with van der Waals surface area (Å²) < 4.78 is 5.31. The monoisotopic (exact) mass is 249 g/mol. The molecule has 0 radical (unpaired) electrons. The normalized spacial score (nSPS) is 20.2. The van der Waals surface area contributed by atoms with Crippen LogP contribution in [0.5, 0.6) is 5.75 Å². The molecule has 4 nitrogen and oxygen atoms in total. The largest absolute Gasteiger partial charge is 0.497 e. The van der Waals surface area contributed by atoms with Crippen molar-refractivity contribution < 1.29 is 4.74 Å². The average molecular weight is 249 g/mol. The van der Waals surface area contributed by atoms with Crippen molar-refractivity contribution in [1.82, 2.24) is 10.2 Å². The van der Waals surface area contributed by atoms with Gasteiger partial charge in [0.05, 0.1) is 13.2 Å². The summed E-state index contributed by atoms with van der Waals surface area (Å²) in [5, 5.41) is 3.47. The number of anilines is 1. The van der Waals surface area contributed by atoms with E-state index in [0.717, 1.165) is 31.9 Å². The maximum absolute atomic E-state index is 5.31. The number of hydrogen-bond donors (Lipinski definition) is 1. The molecule has 0 aliphatic carbocycles. The predicted octanol–water partition coefficient (Wildman–Crippen LogP) is 1.03. The summed E-state index contributed by atoms with van der Waals surface area (Å²) in [6.07, 6.45) is 0. The zero-order valence-corrected chi connectivity index (χ0v) is 11.5. The van der Waals surface area contributed by atoms with Crippen LogP contribution in [0, 0.1) is 0 Å². The van der Waals surface area contributed by atoms with Gasteiger partial charge in [-0.1, -0.05) is 6.07 Å². The van der Waals surface area contributed by atoms with E-state index in [1.54, 1.807) is 7.11 Å². The van der Waals surface area contributed by atoms with Crippen LogP contribution in [0.3, 0.4) is 0 Å². The number of nitrogens with one attached hydrogen (secondary N) is 1. The van der Waals surface area contributed by atoms with E-state index in [-0.39, 0.29) is 0 Å². The van der Waals surface area contributed by atoms with Crippen LogP contribution in [0.15, 0.2) is 24.3 Å². The fourth-order valence-electron chi connectivity index (χ4n) is 2.47. The molecule has 1 fully saturated rings. The van der Waals surface area contributed by atoms with Gasteiger partial charge in [0.25, 0.3) is 0 Å². The van der Waals surface area contributed by atoms with Crippen molar-refractivity contribution in [2.24, 2.45) is 0 Å². The first-order valence-electron chi connectivity index (χ1n) is 6.47. The maximum Gasteiger partial charge on any atom is 0.120 e. The summed E-state index contributed by atoms with van der Waals surface area (Å²) in [5.74, 6) is 0.926. The summed E-state index contributed by atoms with van der Waals surface area (Å²) in [7, 11) is 5.96. The van der Waals surface area contributed by atoms with Crippen molar-refractivity contribution >= 4 is 5.69 Å². The van der Waals surface area contributed by atoms with Crippen molar-refractivity contribution in [3.05, 3.63) is 24.3 Å². The lowest BCUT2D eigenvalue weighted by Crippen LogP contribution is -2.55. The third-order valence-electron chi connectivity index (χ3n) is 3.31. The van der Waals surface area contributed by atoms with Crippen molar-refractivity contribution in [3.8, 4) is 5.75 Å². The van der Waals surface area contributed by atoms with Crippen LogP contribution in [0.25, 0.3) is 0 Å². The molecule has 1 aromatic rings. The van der Waals surface area contributed by atoms with Gasteiger partial charge in [0.1, 0.15) is 5.75 Å². The molecular formula is C14H23N3O. The summed E-state index contributed by atoms with van der Waals surface area (Å²) in [4.78, 5) is 4.71. The van der Waals surface area contributed by atoms with Crippen LogP contribution in [-0.4, -0.2) is 58.3 Å². The van der Waals surface area contributed by atoms with E-state index in [1.165, 1.54) is 5.69 Å². The molecule has 1 aliphatic rings. The minimum atomic E-state index is 0.515. The lowest BCUT2D eigenvalue weighted by Gasteiger charge is -2.39. The van der Waals surface area contributed by atoms with Crippen LogP contribution in [0.2, 0.25) is 0 Å². The topological polar surface area (TPSA) is 27.7 Å². The van der Waals surface area contributed by atoms with E-state index in [1.807, 2.05) is 6.07 Å². The Hall–Kier alpha value is -1.26. The van der Waals surface area contributed by atoms with Crippen molar-refractivity contribution in [2.75, 3.05) is 52.3 Å². The highest BCUT2D eigenvalue weighted by Gasteiger charge is 2.23. The first-order chi connectivity index (χ1) is 8.70. The standard InChI is InChI=1S/C14H23N3O/c1-16(2)11-13-10-15-7-8-17(13)12-5-4-6-14(9-12)18-3/h4-6,9,13,15H,7-8,10-11H2,1-3H3. The number of likely N-dealkylation sites (N-methyl/N-ethyl adjacent to an activating group) is 1. The molecule has 0 amide bonds. The Morgan fingerprint density at radius 3 is 3.00 bits per heavy atom. The van der Waals surface area contributed by atoms with Crippen molar-refractivity contribution in [3.63, 3.8) is 0 Å². The lowest BCUT2D eigenvalue weighted by atomic mass is 10.1. The highest BCUT2D eigenvalue weighted by atomic mass is 16.5. The van der Waals surface area contributed by atoms with E-state index in [0.29, 0.717) is 6.04 Å². The molecule has 1 saturated heterocycles. The van der Waals surface area contributed by atoms with Gasteiger partial charge in [0.2, 0.25) is 0 Å². The van der Waals surface area contributed by atoms with Gasteiger partial charge in [-0.05, 0) is 26.2 Å². The van der Waals surface area contributed by atoms with E-state index >= 15 is 0 Å². The molecule has 4 heteroatoms. The van der Waals surface area contributed by atoms with Crippen LogP contribution in [0.4, 0.5) is 5.69 Å². The van der Waals surface area contributed by atoms with Gasteiger partial charge < -0.3 is 19.9 Å². The molecule has 0 spiro atoms. The Labute approximate surface area is 110 Å². The first kappa shape index (κ1) is 13.2. The third-order valence-corrected chi connectivity index (χ3v) is 3.31. The first-order valence-corrected chi connectivity index (χ1v) is 6.47. The van der Waals surface area contributed by atoms with Crippen molar-refractivity contribution in [1.29, 1.82) is 0 Å². The third kappa shape index (κ3) is 3.15. The molecule has 1 heterocycles. The van der Waals surface area contributed by atoms with Gasteiger partial charge in [-0.25, -0.2) is 0 Å². The second-order valence-electron chi connectivity index (χ2n) is 5.02. The molecule has 1 aliphatic heterocycles. The molecule has 1 atom stereocenters. The van der Waals surface area contributed by atoms with E-state index < -0.39 is 0 Å². The molecule has 1 aromatic carbocycles. The maximum atomic E-state index is 5.31. The second-order valence-corrected chi connectivity index (χ2v) is 5.02. The van der Waals surface area contributed by atoms with E-state index in [4.69, 9.17) is 4.74 Å². The smallest absolute Gasteiger partial charge is 0.120 e. The Balaban J connectivity index is 2.16. The number of rotatable bonds is 4. The molecule has 2 rings (SSSR count). The minimum absolute atomic E-state index is 0.515. The highest BCUT2D eigenvalue weighted by Crippen LogP contribution is 2.23. The fraction of sp³-hybridized carbons (Fsp3) is 0.571. The number of hydrogen-bond acceptors (Lipinski definition) is 4. The van der Waals surface area contributed by atoms with Gasteiger partial charge >= 0.3 is 0 Å². The highest BCUT2D eigenvalue weighted by molar-refractivity contribution is 5.52. The number of benzene rings is 1. The SMILES string of the molecule is COc1cccc(N2CCNCC2CN(C)C)c1. The van der Waals surface area contributed by atoms with Crippen LogP contribution >= 0.6 is 0 Å². The van der Waals surface area contributed by atoms with Gasteiger partial charge in [0, 0.05) is 37.9 Å². The number of ether oxygens (including phenoxy) is 1. The number of nitrogens with zero attached hydrogens (tertiary/aromatic N) is 2. The Bertz CT molecular complexity index is 381. The molecule has 0 bridgehead atoms. The average Bonchev–Trinajstić information content (AvgIpc) is 2.39. The molecule has 0 aromatic heterocycles. The van der Waals surface area contributed by atoms with E-state index in [2.05, 4.69) is 47.4 Å². The summed E-state index contributed by atoms with van der Waals surface area (Å²) >= 11 is 0. The summed E-state index contributed by atoms with van der Waals surface area (Å²) in [6, 6.07) is 8.85. The zero-order chi connectivity index (χ0) is 13.0. The molecular weight excluding hydrogens is 226 g/mol. The predicted molar refractivity (Wildman–Crippen MR) is 75.6 cm³/mol.